The van der Waals surface area contributed by atoms with Gasteiger partial charge in [-0.15, -0.1) is 0 Å². The van der Waals surface area contributed by atoms with Crippen LogP contribution < -0.4 is 0 Å². The molecule has 0 fully saturated rings. The van der Waals surface area contributed by atoms with Crippen molar-refractivity contribution in [1.82, 2.24) is 9.80 Å². The van der Waals surface area contributed by atoms with E-state index in [1.165, 1.54) is 0 Å². The zero-order valence-corrected chi connectivity index (χ0v) is 33.7. The van der Waals surface area contributed by atoms with E-state index in [1.54, 1.807) is 0 Å². The highest BCUT2D eigenvalue weighted by molar-refractivity contribution is 7.74. The van der Waals surface area contributed by atoms with Gasteiger partial charge in [-0.05, 0) is 12.8 Å². The maximum absolute atomic E-state index is 13.0. The minimum Gasteiger partial charge on any atom is -0.479 e. The van der Waals surface area contributed by atoms with Crippen LogP contribution in [0, 0.1) is 0 Å². The van der Waals surface area contributed by atoms with Crippen LogP contribution in [0.2, 0.25) is 0 Å². The van der Waals surface area contributed by atoms with Crippen LogP contribution in [-0.2, 0) is 55.6 Å². The molecule has 0 heterocycles. The van der Waals surface area contributed by atoms with E-state index in [2.05, 4.69) is 9.47 Å². The van der Waals surface area contributed by atoms with E-state index in [0.29, 0.717) is 0 Å². The number of nitrogens with zero attached hydrogens (tertiary/aromatic N) is 2. The fourth-order valence-corrected chi connectivity index (χ4v) is 17.0. The van der Waals surface area contributed by atoms with E-state index < -0.39 is 142 Å². The molecule has 2 unspecified atom stereocenters. The van der Waals surface area contributed by atoms with Crippen LogP contribution >= 0.6 is 60.8 Å². The van der Waals surface area contributed by atoms with E-state index in [1.807, 2.05) is 0 Å². The first-order valence-electron chi connectivity index (χ1n) is 13.2. The molecule has 18 N–H and O–H groups in total. The smallest absolute Gasteiger partial charge is 0.385 e. The van der Waals surface area contributed by atoms with Crippen molar-refractivity contribution in [2.45, 2.75) is 60.4 Å². The number of aliphatic carboxylic acids is 2. The van der Waals surface area contributed by atoms with Gasteiger partial charge in [0.2, 0.25) is 11.0 Å². The van der Waals surface area contributed by atoms with Crippen LogP contribution in [0.3, 0.4) is 0 Å². The van der Waals surface area contributed by atoms with Gasteiger partial charge in [-0.1, -0.05) is 13.8 Å². The maximum Gasteiger partial charge on any atom is 0.385 e. The lowest BCUT2D eigenvalue weighted by Gasteiger charge is -2.49. The number of ether oxygens (including phenoxy) is 2. The van der Waals surface area contributed by atoms with Gasteiger partial charge in [0.05, 0.1) is 0 Å². The van der Waals surface area contributed by atoms with Gasteiger partial charge in [-0.2, -0.15) is 0 Å². The predicted octanol–water partition coefficient (Wildman–Crippen LogP) is -3.44. The Morgan fingerprint density at radius 3 is 0.759 bits per heavy atom. The van der Waals surface area contributed by atoms with Crippen molar-refractivity contribution in [2.24, 2.45) is 0 Å². The largest absolute Gasteiger partial charge is 0.479 e. The summed E-state index contributed by atoms with van der Waals surface area (Å²) < 4.78 is 110. The maximum atomic E-state index is 13.0. The molecule has 0 aromatic carbocycles. The summed E-state index contributed by atoms with van der Waals surface area (Å²) in [4.78, 5) is 182. The van der Waals surface area contributed by atoms with Gasteiger partial charge in [-0.25, -0.2) is 19.4 Å². The normalized spacial score (nSPS) is 16.3. The van der Waals surface area contributed by atoms with Gasteiger partial charge < -0.3 is 98.0 Å². The van der Waals surface area contributed by atoms with Crippen molar-refractivity contribution in [3.63, 3.8) is 0 Å². The molecule has 0 saturated carbocycles. The third-order valence-electron chi connectivity index (χ3n) is 6.29. The molecule has 0 radical (unpaired) electrons. The van der Waals surface area contributed by atoms with E-state index in [9.17, 15) is 135 Å². The second-order valence-corrected chi connectivity index (χ2v) is 25.5. The van der Waals surface area contributed by atoms with E-state index in [4.69, 9.17) is 0 Å². The summed E-state index contributed by atoms with van der Waals surface area (Å²) >= 11 is 0. The minimum atomic E-state index is -7.46. The van der Waals surface area contributed by atoms with Gasteiger partial charge >= 0.3 is 83.1 Å². The number of carboxylic acid groups (broad SMARTS) is 2. The first kappa shape index (κ1) is 54.0. The Balaban J connectivity index is 8.94. The molecule has 0 aliphatic rings. The molecule has 0 bridgehead atoms. The molecule has 0 rings (SSSR count). The average molecular weight is 960 g/mol. The molecule has 322 valence electrons. The van der Waals surface area contributed by atoms with Gasteiger partial charge in [-0.3, -0.25) is 36.5 Å². The Bertz CT molecular complexity index is 1550. The summed E-state index contributed by atoms with van der Waals surface area (Å²) in [6, 6.07) is 0. The molecule has 0 saturated heterocycles. The Labute approximate surface area is 300 Å². The van der Waals surface area contributed by atoms with Crippen molar-refractivity contribution >= 4 is 72.7 Å². The van der Waals surface area contributed by atoms with Gasteiger partial charge in [0, 0.05) is 13.1 Å². The zero-order valence-electron chi connectivity index (χ0n) is 26.6. The van der Waals surface area contributed by atoms with E-state index in [0.717, 1.165) is 13.8 Å². The lowest BCUT2D eigenvalue weighted by molar-refractivity contribution is -0.209. The molecule has 2 atom stereocenters. The minimum absolute atomic E-state index is 0.820. The van der Waals surface area contributed by atoms with Crippen molar-refractivity contribution < 1.29 is 144 Å². The highest BCUT2D eigenvalue weighted by Gasteiger charge is 2.75. The highest BCUT2D eigenvalue weighted by Crippen LogP contribution is 2.78. The SMILES string of the molecule is CCCN(C(P(=O)(O)O)P(=O)(O)O)C(OC(C(=O)O)C(OC(N(CCC)C(P(=O)(O)O)P(=O)(O)O)(P(=O)(O)O)P(=O)(O)O)C(=O)O)(P(=O)(O)O)P(=O)(O)O. The van der Waals surface area contributed by atoms with Crippen molar-refractivity contribution in [1.29, 1.82) is 0 Å². The van der Waals surface area contributed by atoms with Gasteiger partial charge in [0.25, 0.3) is 0 Å². The third-order valence-corrected chi connectivity index (χ3v) is 21.0. The van der Waals surface area contributed by atoms with Crippen LogP contribution in [0.4, 0.5) is 0 Å². The molecule has 32 nitrogen and oxygen atoms in total. The van der Waals surface area contributed by atoms with E-state index in [-0.39, 0.29) is 0 Å². The lowest BCUT2D eigenvalue weighted by Crippen LogP contribution is -2.62. The molecule has 0 aromatic rings. The number of carbonyl (C=O) groups is 2. The van der Waals surface area contributed by atoms with Gasteiger partial charge in [0.1, 0.15) is 0 Å². The molecule has 0 aromatic heterocycles. The van der Waals surface area contributed by atoms with Gasteiger partial charge in [0.15, 0.2) is 12.2 Å². The van der Waals surface area contributed by atoms with Crippen LogP contribution in [0.1, 0.15) is 26.7 Å². The molecular formula is C14H36N2O30P8. The van der Waals surface area contributed by atoms with Crippen molar-refractivity contribution in [3.8, 4) is 0 Å². The second kappa shape index (κ2) is 17.7. The summed E-state index contributed by atoms with van der Waals surface area (Å²) in [5.74, 6) is -6.49. The van der Waals surface area contributed by atoms with Crippen LogP contribution in [0.5, 0.6) is 0 Å². The molecule has 40 heteroatoms. The Morgan fingerprint density at radius 2 is 0.648 bits per heavy atom. The fourth-order valence-electron chi connectivity index (χ4n) is 4.67. The van der Waals surface area contributed by atoms with Crippen molar-refractivity contribution in [2.75, 3.05) is 13.1 Å². The summed E-state index contributed by atoms with van der Waals surface area (Å²) in [5, 5.41) is 8.73. The zero-order chi connectivity index (χ0) is 43.9. The Hall–Kier alpha value is -0.0200. The predicted molar refractivity (Wildman–Crippen MR) is 168 cm³/mol. The molecule has 0 aliphatic heterocycles. The summed E-state index contributed by atoms with van der Waals surface area (Å²) in [6.07, 6.45) is -10.7. The van der Waals surface area contributed by atoms with Crippen LogP contribution in [0.15, 0.2) is 0 Å². The lowest BCUT2D eigenvalue weighted by atomic mass is 10.2. The Kier molecular flexibility index (Phi) is 17.7. The molecule has 0 amide bonds. The molecule has 54 heavy (non-hydrogen) atoms. The molecular weight excluding hydrogens is 924 g/mol. The van der Waals surface area contributed by atoms with Crippen LogP contribution in [0.25, 0.3) is 0 Å². The first-order valence-corrected chi connectivity index (χ1v) is 26.4. The number of rotatable bonds is 23. The summed E-state index contributed by atoms with van der Waals surface area (Å²) in [5.41, 5.74) is -8.30. The fraction of sp³-hybridized carbons (Fsp3) is 0.857. The topological polar surface area (TPSA) is 560 Å². The first-order chi connectivity index (χ1) is 23.5. The second-order valence-electron chi connectivity index (χ2n) is 10.5. The highest BCUT2D eigenvalue weighted by atomic mass is 31.3. The quantitative estimate of drug-likeness (QED) is 0.0350. The standard InChI is InChI=1S/C14H36N2O30P8/c1-3-5-15(11(47(21,22)23)48(24,25)26)13(51(33,34)35,52(36,37)38)45-7(9(17)18)8(10(19)20)46-14(53(39,40)41,54(42,43)44)16(6-4-2)12(49(27,28)29)50(30,31)32/h7-8,11-12H,3-6H2,1-2H3,(H,17,18)(H,19,20)(H2,21,22,23)(H2,24,25,26)(H2,27,28,29)(H2,30,31,32)(H2,33,34,35)(H2,36,37,38)(H2,39,40,41)(H2,42,43,44). The van der Waals surface area contributed by atoms with Crippen molar-refractivity contribution in [3.05, 3.63) is 0 Å². The number of hydrogen-bond donors (Lipinski definition) is 18. The molecule has 0 spiro atoms. The monoisotopic (exact) mass is 960 g/mol. The summed E-state index contributed by atoms with van der Waals surface area (Å²) in [7, 11) is -56.7. The third kappa shape index (κ3) is 11.6. The number of hydrogen-bond acceptors (Lipinski definition) is 14. The number of carboxylic acids is 2. The van der Waals surface area contributed by atoms with E-state index >= 15 is 0 Å². The van der Waals surface area contributed by atoms with Crippen LogP contribution in [-0.4, -0.2) is 157 Å². The summed E-state index contributed by atoms with van der Waals surface area (Å²) in [6.45, 7) is -1.90. The Morgan fingerprint density at radius 1 is 0.463 bits per heavy atom. The average Bonchev–Trinajstić information content (AvgIpc) is 2.83. The molecule has 0 aliphatic carbocycles.